The molecule has 1 fully saturated rings. The fourth-order valence-corrected chi connectivity index (χ4v) is 7.15. The van der Waals surface area contributed by atoms with Crippen LogP contribution in [0.2, 0.25) is 0 Å². The van der Waals surface area contributed by atoms with Crippen LogP contribution in [0.5, 0.6) is 11.8 Å². The average molecular weight is 659 g/mol. The molecule has 7 nitrogen and oxygen atoms in total. The molecule has 2 unspecified atom stereocenters. The number of benzene rings is 1. The molecular formula is C25H23F4IN5O2P. The highest BCUT2D eigenvalue weighted by Crippen LogP contribution is 2.48. The topological polar surface area (TPSA) is 65.3 Å². The number of pyridine rings is 2. The summed E-state index contributed by atoms with van der Waals surface area (Å²) in [5.41, 5.74) is -0.809. The van der Waals surface area contributed by atoms with Crippen LogP contribution in [0.15, 0.2) is 18.3 Å². The summed E-state index contributed by atoms with van der Waals surface area (Å²) in [6, 6.07) is 3.19. The van der Waals surface area contributed by atoms with Crippen molar-refractivity contribution in [2.75, 3.05) is 25.2 Å². The van der Waals surface area contributed by atoms with Crippen LogP contribution in [0.25, 0.3) is 33.1 Å². The lowest BCUT2D eigenvalue weighted by Crippen LogP contribution is -2.38. The second-order valence-corrected chi connectivity index (χ2v) is 11.5. The van der Waals surface area contributed by atoms with Gasteiger partial charge in [0.1, 0.15) is 17.8 Å². The van der Waals surface area contributed by atoms with Crippen LogP contribution in [0.3, 0.4) is 0 Å². The standard InChI is InChI=1S/C25H23F4IN5O2P/c1-12-8-15-14(10-31-35(15)38-30)18(20(12)25(27,28)29)22-21(26)23-19-16(9-17(32-23)36-2)34-7-5-3-4-6-13(34)11-37-24(19)33-22/h8-10,13,38H,3-7,11H2,1-2H3. The third-order valence-corrected chi connectivity index (χ3v) is 9.19. The van der Waals surface area contributed by atoms with E-state index in [0.717, 1.165) is 32.2 Å². The Bertz CT molecular complexity index is 1580. The van der Waals surface area contributed by atoms with Gasteiger partial charge < -0.3 is 14.4 Å². The molecule has 1 aromatic carbocycles. The molecule has 2 aliphatic rings. The zero-order valence-corrected chi connectivity index (χ0v) is 23.7. The van der Waals surface area contributed by atoms with Gasteiger partial charge in [-0.05, 0) is 53.4 Å². The molecule has 0 aliphatic carbocycles. The van der Waals surface area contributed by atoms with Gasteiger partial charge in [0.25, 0.3) is 0 Å². The minimum Gasteiger partial charge on any atom is -0.481 e. The minimum atomic E-state index is -4.76. The summed E-state index contributed by atoms with van der Waals surface area (Å²) < 4.78 is 73.1. The predicted octanol–water partition coefficient (Wildman–Crippen LogP) is 7.05. The van der Waals surface area contributed by atoms with Crippen LogP contribution < -0.4 is 14.4 Å². The molecule has 0 amide bonds. The molecule has 1 saturated heterocycles. The lowest BCUT2D eigenvalue weighted by molar-refractivity contribution is -0.137. The van der Waals surface area contributed by atoms with Gasteiger partial charge in [-0.15, -0.1) is 0 Å². The van der Waals surface area contributed by atoms with Crippen molar-refractivity contribution in [3.05, 3.63) is 35.3 Å². The number of hydrogen-bond donors (Lipinski definition) is 0. The summed E-state index contributed by atoms with van der Waals surface area (Å²) in [4.78, 5) is 11.0. The van der Waals surface area contributed by atoms with E-state index in [1.165, 1.54) is 26.3 Å². The van der Waals surface area contributed by atoms with Gasteiger partial charge in [-0.25, -0.2) is 18.8 Å². The maximum Gasteiger partial charge on any atom is 0.417 e. The molecule has 2 aliphatic heterocycles. The zero-order valence-electron chi connectivity index (χ0n) is 20.5. The van der Waals surface area contributed by atoms with Crippen molar-refractivity contribution in [2.45, 2.75) is 44.8 Å². The molecule has 13 heteroatoms. The fourth-order valence-electron chi connectivity index (χ4n) is 5.62. The Morgan fingerprint density at radius 1 is 1.18 bits per heavy atom. The quantitative estimate of drug-likeness (QED) is 0.134. The minimum absolute atomic E-state index is 0.0211. The summed E-state index contributed by atoms with van der Waals surface area (Å²) in [6.07, 6.45) is 0.665. The Morgan fingerprint density at radius 3 is 2.74 bits per heavy atom. The molecule has 6 rings (SSSR count). The second kappa shape index (κ2) is 9.62. The van der Waals surface area contributed by atoms with Gasteiger partial charge in [-0.3, -0.25) is 0 Å². The van der Waals surface area contributed by atoms with Crippen molar-refractivity contribution in [2.24, 2.45) is 0 Å². The number of methoxy groups -OCH3 is 1. The van der Waals surface area contributed by atoms with E-state index in [0.29, 0.717) is 16.6 Å². The first-order valence-electron chi connectivity index (χ1n) is 12.2. The maximum absolute atomic E-state index is 16.5. The van der Waals surface area contributed by atoms with Gasteiger partial charge in [0.2, 0.25) is 11.8 Å². The summed E-state index contributed by atoms with van der Waals surface area (Å²) in [5.74, 6) is -0.716. The Labute approximate surface area is 230 Å². The number of nitrogens with zero attached hydrogens (tertiary/aromatic N) is 5. The van der Waals surface area contributed by atoms with E-state index >= 15 is 4.39 Å². The van der Waals surface area contributed by atoms with Gasteiger partial charge in [0, 0.05) is 23.6 Å². The van der Waals surface area contributed by atoms with Crippen molar-refractivity contribution in [1.29, 1.82) is 0 Å². The van der Waals surface area contributed by atoms with Crippen molar-refractivity contribution >= 4 is 55.9 Å². The maximum atomic E-state index is 16.5. The van der Waals surface area contributed by atoms with E-state index in [2.05, 4.69) is 42.0 Å². The number of aryl methyl sites for hydroxylation is 1. The first-order valence-corrected chi connectivity index (χ1v) is 16.2. The van der Waals surface area contributed by atoms with Crippen molar-refractivity contribution in [3.63, 3.8) is 0 Å². The van der Waals surface area contributed by atoms with Crippen LogP contribution in [0.4, 0.5) is 23.2 Å². The Morgan fingerprint density at radius 2 is 2.00 bits per heavy atom. The fraction of sp³-hybridized carbons (Fsp3) is 0.400. The smallest absolute Gasteiger partial charge is 0.417 e. The number of alkyl halides is 3. The van der Waals surface area contributed by atoms with Gasteiger partial charge in [0.05, 0.1) is 47.9 Å². The molecule has 0 bridgehead atoms. The summed E-state index contributed by atoms with van der Waals surface area (Å²) >= 11 is 2.10. The SMILES string of the molecule is COc1cc2c3c(nc(-c4c(C(F)(F)F)c(C)cc5c4cnn5PI)c(F)c3n1)OCC1CCCCCN21. The number of anilines is 1. The number of rotatable bonds is 3. The van der Waals surface area contributed by atoms with Crippen LogP contribution in [-0.2, 0) is 6.18 Å². The van der Waals surface area contributed by atoms with E-state index < -0.39 is 23.3 Å². The molecular weight excluding hydrogens is 636 g/mol. The zero-order chi connectivity index (χ0) is 26.8. The van der Waals surface area contributed by atoms with E-state index in [1.54, 1.807) is 10.5 Å². The summed E-state index contributed by atoms with van der Waals surface area (Å²) in [6.45, 7) is 2.39. The van der Waals surface area contributed by atoms with Gasteiger partial charge in [-0.2, -0.15) is 18.3 Å². The van der Waals surface area contributed by atoms with Crippen LogP contribution >= 0.6 is 28.4 Å². The predicted molar refractivity (Wildman–Crippen MR) is 147 cm³/mol. The Balaban J connectivity index is 1.71. The molecule has 38 heavy (non-hydrogen) atoms. The van der Waals surface area contributed by atoms with E-state index in [1.807, 2.05) is 0 Å². The normalized spacial score (nSPS) is 18.1. The Kier molecular flexibility index (Phi) is 6.53. The van der Waals surface area contributed by atoms with Gasteiger partial charge in [0.15, 0.2) is 5.82 Å². The van der Waals surface area contributed by atoms with Crippen molar-refractivity contribution in [3.8, 4) is 23.0 Å². The average Bonchev–Trinajstić information content (AvgIpc) is 3.05. The summed E-state index contributed by atoms with van der Waals surface area (Å²) in [5, 5.41) is 4.76. The Hall–Kier alpha value is -2.47. The number of fused-ring (bicyclic) bond motifs is 3. The van der Waals surface area contributed by atoms with Crippen LogP contribution in [0.1, 0.15) is 36.8 Å². The third kappa shape index (κ3) is 4.06. The van der Waals surface area contributed by atoms with Gasteiger partial charge in [-0.1, -0.05) is 12.8 Å². The first-order chi connectivity index (χ1) is 18.2. The molecule has 3 aromatic heterocycles. The largest absolute Gasteiger partial charge is 0.481 e. The van der Waals surface area contributed by atoms with E-state index in [4.69, 9.17) is 9.47 Å². The number of hydrogen-bond acceptors (Lipinski definition) is 6. The highest BCUT2D eigenvalue weighted by Gasteiger charge is 2.40. The third-order valence-electron chi connectivity index (χ3n) is 7.30. The molecule has 0 spiro atoms. The van der Waals surface area contributed by atoms with Crippen LogP contribution in [-0.4, -0.2) is 45.8 Å². The van der Waals surface area contributed by atoms with Gasteiger partial charge >= 0.3 is 6.18 Å². The lowest BCUT2D eigenvalue weighted by Gasteiger charge is -2.30. The highest BCUT2D eigenvalue weighted by atomic mass is 127. The molecule has 0 radical (unpaired) electrons. The highest BCUT2D eigenvalue weighted by molar-refractivity contribution is 14.2. The van der Waals surface area contributed by atoms with E-state index in [-0.39, 0.29) is 52.8 Å². The van der Waals surface area contributed by atoms with Crippen LogP contribution in [0, 0.1) is 12.7 Å². The lowest BCUT2D eigenvalue weighted by atomic mass is 9.94. The molecule has 0 saturated carbocycles. The monoisotopic (exact) mass is 659 g/mol. The molecule has 0 N–H and O–H groups in total. The van der Waals surface area contributed by atoms with E-state index in [9.17, 15) is 13.2 Å². The molecule has 5 heterocycles. The molecule has 2 atom stereocenters. The van der Waals surface area contributed by atoms with Crippen molar-refractivity contribution < 1.29 is 27.0 Å². The number of aromatic nitrogens is 4. The first kappa shape index (κ1) is 25.8. The van der Waals surface area contributed by atoms with Crippen molar-refractivity contribution in [1.82, 2.24) is 19.5 Å². The molecule has 4 aromatic rings. The summed E-state index contributed by atoms with van der Waals surface area (Å²) in [7, 11) is 1.43. The number of ether oxygens (including phenoxy) is 2. The molecule has 200 valence electrons. The number of halogens is 5. The second-order valence-electron chi connectivity index (χ2n) is 9.51.